The Morgan fingerprint density at radius 2 is 2.00 bits per heavy atom. The summed E-state index contributed by atoms with van der Waals surface area (Å²) in [6.07, 6.45) is 2.66. The number of hydrogen-bond donors (Lipinski definition) is 1. The third kappa shape index (κ3) is 4.28. The Balaban J connectivity index is 1.86. The van der Waals surface area contributed by atoms with Crippen LogP contribution in [0, 0.1) is 18.7 Å². The molecule has 3 heterocycles. The molecule has 9 heteroatoms. The lowest BCUT2D eigenvalue weighted by Gasteiger charge is -2.48. The standard InChI is InChI=1S/C25H32ClFN4O3/c1-8-16-13(3)18-19-22(29-16)28-11-12(2)31(24(32)34-25(5,6)7)17-10-9-15(17)14(4)33-23(19)30-21(26)20(18)27/h8,12,14-15,17H,1,9-11H2,2-7H3,(H,28,29)/t12?,14?,15?,17-/m0/s1. The fourth-order valence-corrected chi connectivity index (χ4v) is 5.02. The number of hydrogen-bond acceptors (Lipinski definition) is 6. The molecular formula is C25H32ClFN4O3. The molecule has 0 saturated heterocycles. The highest BCUT2D eigenvalue weighted by atomic mass is 35.5. The van der Waals surface area contributed by atoms with Crippen molar-refractivity contribution in [2.24, 2.45) is 5.92 Å². The van der Waals surface area contributed by atoms with Crippen LogP contribution in [0.5, 0.6) is 5.88 Å². The van der Waals surface area contributed by atoms with Crippen molar-refractivity contribution in [2.75, 3.05) is 11.9 Å². The number of ether oxygens (including phenoxy) is 2. The minimum absolute atomic E-state index is 0.0484. The largest absolute Gasteiger partial charge is 0.474 e. The summed E-state index contributed by atoms with van der Waals surface area (Å²) in [5.41, 5.74) is 0.520. The maximum atomic E-state index is 15.2. The first-order valence-corrected chi connectivity index (χ1v) is 12.0. The summed E-state index contributed by atoms with van der Waals surface area (Å²) in [7, 11) is 0. The number of rotatable bonds is 1. The van der Waals surface area contributed by atoms with E-state index in [2.05, 4.69) is 21.9 Å². The molecule has 1 saturated carbocycles. The van der Waals surface area contributed by atoms with Gasteiger partial charge in [-0.05, 0) is 66.0 Å². The molecule has 0 spiro atoms. The normalized spacial score (nSPS) is 24.8. The summed E-state index contributed by atoms with van der Waals surface area (Å²) in [6.45, 7) is 15.5. The van der Waals surface area contributed by atoms with Crippen molar-refractivity contribution in [3.63, 3.8) is 0 Å². The van der Waals surface area contributed by atoms with Crippen LogP contribution in [0.25, 0.3) is 16.8 Å². The molecule has 4 rings (SSSR count). The molecule has 1 amide bonds. The molecule has 1 N–H and O–H groups in total. The van der Waals surface area contributed by atoms with E-state index < -0.39 is 11.4 Å². The number of halogens is 2. The third-order valence-corrected chi connectivity index (χ3v) is 6.93. The Morgan fingerprint density at radius 3 is 2.59 bits per heavy atom. The van der Waals surface area contributed by atoms with Crippen molar-refractivity contribution in [3.05, 3.63) is 28.8 Å². The van der Waals surface area contributed by atoms with Gasteiger partial charge in [0.1, 0.15) is 17.5 Å². The van der Waals surface area contributed by atoms with Gasteiger partial charge in [0.05, 0.1) is 11.1 Å². The molecule has 2 aromatic rings. The first-order valence-electron chi connectivity index (χ1n) is 11.7. The predicted molar refractivity (Wildman–Crippen MR) is 132 cm³/mol. The average molecular weight is 491 g/mol. The minimum atomic E-state index is -0.623. The summed E-state index contributed by atoms with van der Waals surface area (Å²) in [5, 5.41) is 3.79. The van der Waals surface area contributed by atoms with Gasteiger partial charge in [-0.3, -0.25) is 0 Å². The molecule has 0 bridgehead atoms. The lowest BCUT2D eigenvalue weighted by Crippen LogP contribution is -2.59. The van der Waals surface area contributed by atoms with Gasteiger partial charge in [-0.2, -0.15) is 4.98 Å². The van der Waals surface area contributed by atoms with E-state index in [1.807, 2.05) is 39.5 Å². The quantitative estimate of drug-likeness (QED) is 0.496. The van der Waals surface area contributed by atoms with Gasteiger partial charge in [-0.25, -0.2) is 14.2 Å². The van der Waals surface area contributed by atoms with E-state index in [0.717, 1.165) is 12.8 Å². The van der Waals surface area contributed by atoms with Gasteiger partial charge in [0, 0.05) is 29.9 Å². The highest BCUT2D eigenvalue weighted by Crippen LogP contribution is 2.42. The van der Waals surface area contributed by atoms with Crippen molar-refractivity contribution < 1.29 is 18.7 Å². The molecule has 4 atom stereocenters. The smallest absolute Gasteiger partial charge is 0.410 e. The maximum Gasteiger partial charge on any atom is 0.410 e. The highest BCUT2D eigenvalue weighted by molar-refractivity contribution is 6.30. The van der Waals surface area contributed by atoms with Gasteiger partial charge in [0.2, 0.25) is 5.88 Å². The summed E-state index contributed by atoms with van der Waals surface area (Å²) in [6, 6.07) is -0.264. The predicted octanol–water partition coefficient (Wildman–Crippen LogP) is 5.97. The fourth-order valence-electron chi connectivity index (χ4n) is 4.85. The van der Waals surface area contributed by atoms with Gasteiger partial charge in [0.25, 0.3) is 0 Å². The second-order valence-electron chi connectivity index (χ2n) is 10.2. The van der Waals surface area contributed by atoms with Crippen molar-refractivity contribution in [1.82, 2.24) is 14.9 Å². The van der Waals surface area contributed by atoms with Crippen LogP contribution in [0.3, 0.4) is 0 Å². The molecule has 2 aliphatic rings. The Labute approximate surface area is 204 Å². The molecule has 1 fully saturated rings. The Morgan fingerprint density at radius 1 is 1.29 bits per heavy atom. The molecule has 0 aromatic carbocycles. The molecule has 184 valence electrons. The van der Waals surface area contributed by atoms with Crippen molar-refractivity contribution in [1.29, 1.82) is 0 Å². The van der Waals surface area contributed by atoms with E-state index in [1.165, 1.54) is 0 Å². The van der Waals surface area contributed by atoms with E-state index >= 15 is 4.39 Å². The SMILES string of the molecule is C=Cc1nc2c3c(nc(Cl)c(F)c3c1C)OC(C)C1CC[C@@H]1N(C(=O)OC(C)(C)C)C(C)CN2. The number of nitrogens with one attached hydrogen (secondary N) is 1. The Bertz CT molecular complexity index is 1150. The Hall–Kier alpha value is -2.61. The first kappa shape index (κ1) is 24.5. The zero-order valence-electron chi connectivity index (χ0n) is 20.5. The number of carbonyl (C=O) groups excluding carboxylic acids is 1. The average Bonchev–Trinajstić information content (AvgIpc) is 2.72. The van der Waals surface area contributed by atoms with Gasteiger partial charge >= 0.3 is 6.09 Å². The van der Waals surface area contributed by atoms with Crippen molar-refractivity contribution >= 4 is 40.4 Å². The monoisotopic (exact) mass is 490 g/mol. The number of aryl methyl sites for hydroxylation is 1. The second-order valence-corrected chi connectivity index (χ2v) is 10.6. The number of carbonyl (C=O) groups is 1. The molecule has 34 heavy (non-hydrogen) atoms. The van der Waals surface area contributed by atoms with Crippen molar-refractivity contribution in [2.45, 2.75) is 78.2 Å². The zero-order chi connectivity index (χ0) is 24.9. The summed E-state index contributed by atoms with van der Waals surface area (Å²) in [4.78, 5) is 24.0. The maximum absolute atomic E-state index is 15.2. The molecule has 7 nitrogen and oxygen atoms in total. The van der Waals surface area contributed by atoms with E-state index in [-0.39, 0.29) is 41.2 Å². The lowest BCUT2D eigenvalue weighted by atomic mass is 9.75. The van der Waals surface area contributed by atoms with Crippen LogP contribution in [0.4, 0.5) is 15.0 Å². The number of anilines is 1. The fraction of sp³-hybridized carbons (Fsp3) is 0.560. The van der Waals surface area contributed by atoms with E-state index in [1.54, 1.807) is 13.0 Å². The van der Waals surface area contributed by atoms with Crippen LogP contribution in [0.1, 0.15) is 58.7 Å². The van der Waals surface area contributed by atoms with E-state index in [4.69, 9.17) is 21.1 Å². The number of amides is 1. The van der Waals surface area contributed by atoms with Gasteiger partial charge in [0.15, 0.2) is 11.0 Å². The van der Waals surface area contributed by atoms with Gasteiger partial charge < -0.3 is 19.7 Å². The van der Waals surface area contributed by atoms with Crippen LogP contribution in [-0.2, 0) is 4.74 Å². The first-order chi connectivity index (χ1) is 15.9. The molecule has 1 aliphatic heterocycles. The Kier molecular flexibility index (Phi) is 6.40. The highest BCUT2D eigenvalue weighted by Gasteiger charge is 2.45. The van der Waals surface area contributed by atoms with Crippen LogP contribution >= 0.6 is 11.6 Å². The number of pyridine rings is 2. The number of nitrogens with zero attached hydrogens (tertiary/aromatic N) is 3. The van der Waals surface area contributed by atoms with Gasteiger partial charge in [-0.15, -0.1) is 0 Å². The second kappa shape index (κ2) is 8.87. The van der Waals surface area contributed by atoms with Crippen LogP contribution in [-0.4, -0.2) is 51.3 Å². The molecule has 3 unspecified atom stereocenters. The molecular weight excluding hydrogens is 459 g/mol. The lowest BCUT2D eigenvalue weighted by molar-refractivity contribution is -0.0400. The molecule has 1 aliphatic carbocycles. The van der Waals surface area contributed by atoms with Crippen LogP contribution in [0.2, 0.25) is 5.15 Å². The molecule has 2 aromatic heterocycles. The van der Waals surface area contributed by atoms with Gasteiger partial charge in [-0.1, -0.05) is 18.2 Å². The summed E-state index contributed by atoms with van der Waals surface area (Å²) >= 11 is 6.19. The van der Waals surface area contributed by atoms with Crippen LogP contribution in [0.15, 0.2) is 6.58 Å². The van der Waals surface area contributed by atoms with Crippen molar-refractivity contribution in [3.8, 4) is 5.88 Å². The molecule has 0 radical (unpaired) electrons. The summed E-state index contributed by atoms with van der Waals surface area (Å²) in [5.74, 6) is 0.0823. The number of fused-ring (bicyclic) bond motifs is 1. The minimum Gasteiger partial charge on any atom is -0.474 e. The number of aromatic nitrogens is 2. The summed E-state index contributed by atoms with van der Waals surface area (Å²) < 4.78 is 27.3. The van der Waals surface area contributed by atoms with Crippen LogP contribution < -0.4 is 10.1 Å². The third-order valence-electron chi connectivity index (χ3n) is 6.68. The van der Waals surface area contributed by atoms with E-state index in [9.17, 15) is 4.79 Å². The topological polar surface area (TPSA) is 76.6 Å². The zero-order valence-corrected chi connectivity index (χ0v) is 21.3. The van der Waals surface area contributed by atoms with E-state index in [0.29, 0.717) is 34.4 Å².